The van der Waals surface area contributed by atoms with Gasteiger partial charge in [0.05, 0.1) is 7.11 Å². The summed E-state index contributed by atoms with van der Waals surface area (Å²) in [6.45, 7) is 2.20. The van der Waals surface area contributed by atoms with Crippen LogP contribution >= 0.6 is 0 Å². The molecule has 0 fully saturated rings. The van der Waals surface area contributed by atoms with Crippen molar-refractivity contribution in [3.05, 3.63) is 65.2 Å². The molecule has 0 aliphatic heterocycles. The number of benzene rings is 2. The minimum Gasteiger partial charge on any atom is -0.497 e. The molecule has 0 aliphatic rings. The molecule has 1 atom stereocenters. The summed E-state index contributed by atoms with van der Waals surface area (Å²) in [5, 5.41) is 0. The van der Waals surface area contributed by atoms with Gasteiger partial charge in [0, 0.05) is 6.04 Å². The van der Waals surface area contributed by atoms with Crippen LogP contribution in [0.3, 0.4) is 0 Å². The Kier molecular flexibility index (Phi) is 5.19. The summed E-state index contributed by atoms with van der Waals surface area (Å²) in [5.41, 5.74) is 10.1. The van der Waals surface area contributed by atoms with Crippen LogP contribution in [0.25, 0.3) is 0 Å². The molecule has 106 valence electrons. The highest BCUT2D eigenvalue weighted by Gasteiger charge is 2.08. The van der Waals surface area contributed by atoms with Gasteiger partial charge in [-0.3, -0.25) is 0 Å². The van der Waals surface area contributed by atoms with Crippen molar-refractivity contribution < 1.29 is 4.74 Å². The third-order valence-corrected chi connectivity index (χ3v) is 3.51. The molecule has 2 aromatic rings. The van der Waals surface area contributed by atoms with Crippen molar-refractivity contribution in [1.29, 1.82) is 0 Å². The normalized spacial score (nSPS) is 12.2. The first kappa shape index (κ1) is 14.6. The fourth-order valence-electron chi connectivity index (χ4n) is 2.44. The van der Waals surface area contributed by atoms with Crippen molar-refractivity contribution in [2.75, 3.05) is 7.11 Å². The number of ether oxygens (including phenoxy) is 1. The first-order valence-corrected chi connectivity index (χ1v) is 7.20. The molecule has 0 aromatic heterocycles. The topological polar surface area (TPSA) is 35.2 Å². The minimum atomic E-state index is 0.0268. The average molecular weight is 269 g/mol. The van der Waals surface area contributed by atoms with Crippen LogP contribution in [0.1, 0.15) is 36.1 Å². The molecule has 20 heavy (non-hydrogen) atoms. The zero-order chi connectivity index (χ0) is 14.4. The predicted octanol–water partition coefficient (Wildman–Crippen LogP) is 3.89. The Labute approximate surface area is 121 Å². The van der Waals surface area contributed by atoms with E-state index in [9.17, 15) is 0 Å². The first-order valence-electron chi connectivity index (χ1n) is 7.20. The number of rotatable bonds is 6. The van der Waals surface area contributed by atoms with E-state index in [2.05, 4.69) is 43.3 Å². The van der Waals surface area contributed by atoms with Crippen LogP contribution in [0.4, 0.5) is 0 Å². The Hall–Kier alpha value is -1.80. The molecule has 0 amide bonds. The van der Waals surface area contributed by atoms with Crippen molar-refractivity contribution in [3.63, 3.8) is 0 Å². The van der Waals surface area contributed by atoms with Gasteiger partial charge in [0.15, 0.2) is 0 Å². The monoisotopic (exact) mass is 269 g/mol. The second-order valence-corrected chi connectivity index (χ2v) is 5.16. The number of methoxy groups -OCH3 is 1. The van der Waals surface area contributed by atoms with Gasteiger partial charge in [0.1, 0.15) is 5.75 Å². The van der Waals surface area contributed by atoms with E-state index in [0.29, 0.717) is 0 Å². The quantitative estimate of drug-likeness (QED) is 0.863. The van der Waals surface area contributed by atoms with Crippen LogP contribution in [0.2, 0.25) is 0 Å². The molecule has 0 aliphatic carbocycles. The first-order chi connectivity index (χ1) is 9.72. The van der Waals surface area contributed by atoms with Gasteiger partial charge in [0.25, 0.3) is 0 Å². The molecule has 1 unspecified atom stereocenters. The molecule has 0 bridgehead atoms. The van der Waals surface area contributed by atoms with Crippen molar-refractivity contribution >= 4 is 0 Å². The highest BCUT2D eigenvalue weighted by Crippen LogP contribution is 2.20. The van der Waals surface area contributed by atoms with Crippen LogP contribution in [0.15, 0.2) is 48.5 Å². The van der Waals surface area contributed by atoms with Crippen molar-refractivity contribution in [2.24, 2.45) is 5.73 Å². The Bertz CT molecular complexity index is 551. The number of hydrogen-bond acceptors (Lipinski definition) is 2. The number of aryl methyl sites for hydroxylation is 1. The van der Waals surface area contributed by atoms with Crippen molar-refractivity contribution in [2.45, 2.75) is 32.2 Å². The van der Waals surface area contributed by atoms with Gasteiger partial charge in [0.2, 0.25) is 0 Å². The Morgan fingerprint density at radius 1 is 1.05 bits per heavy atom. The van der Waals surface area contributed by atoms with Gasteiger partial charge in [-0.05, 0) is 41.7 Å². The van der Waals surface area contributed by atoms with E-state index in [1.54, 1.807) is 7.11 Å². The van der Waals surface area contributed by atoms with Gasteiger partial charge >= 0.3 is 0 Å². The van der Waals surface area contributed by atoms with Gasteiger partial charge in [-0.1, -0.05) is 49.7 Å². The molecule has 2 heteroatoms. The molecular formula is C18H23NO. The molecular weight excluding hydrogens is 246 g/mol. The minimum absolute atomic E-state index is 0.0268. The van der Waals surface area contributed by atoms with E-state index in [0.717, 1.165) is 25.0 Å². The largest absolute Gasteiger partial charge is 0.497 e. The van der Waals surface area contributed by atoms with Gasteiger partial charge < -0.3 is 10.5 Å². The lowest BCUT2D eigenvalue weighted by molar-refractivity contribution is 0.414. The molecule has 2 aromatic carbocycles. The van der Waals surface area contributed by atoms with Gasteiger partial charge in [-0.2, -0.15) is 0 Å². The molecule has 0 saturated heterocycles. The molecule has 0 heterocycles. The van der Waals surface area contributed by atoms with Crippen LogP contribution < -0.4 is 10.5 Å². The summed E-state index contributed by atoms with van der Waals surface area (Å²) in [6, 6.07) is 16.8. The lowest BCUT2D eigenvalue weighted by atomic mass is 9.97. The van der Waals surface area contributed by atoms with Gasteiger partial charge in [-0.25, -0.2) is 0 Å². The maximum absolute atomic E-state index is 6.34. The van der Waals surface area contributed by atoms with Crippen molar-refractivity contribution in [3.8, 4) is 5.75 Å². The van der Waals surface area contributed by atoms with Crippen molar-refractivity contribution in [1.82, 2.24) is 0 Å². The molecule has 0 spiro atoms. The number of nitrogens with two attached hydrogens (primary N) is 1. The lowest BCUT2D eigenvalue weighted by Gasteiger charge is -2.14. The summed E-state index contributed by atoms with van der Waals surface area (Å²) >= 11 is 0. The second kappa shape index (κ2) is 7.11. The average Bonchev–Trinajstić information content (AvgIpc) is 2.48. The van der Waals surface area contributed by atoms with E-state index < -0.39 is 0 Å². The SMILES string of the molecule is CCCc1cccc(C(N)Cc2cccc(OC)c2)c1. The third kappa shape index (κ3) is 3.84. The third-order valence-electron chi connectivity index (χ3n) is 3.51. The Balaban J connectivity index is 2.10. The molecule has 0 saturated carbocycles. The summed E-state index contributed by atoms with van der Waals surface area (Å²) in [5.74, 6) is 0.884. The van der Waals surface area contributed by atoms with E-state index in [-0.39, 0.29) is 6.04 Å². The smallest absolute Gasteiger partial charge is 0.119 e. The molecule has 2 rings (SSSR count). The highest BCUT2D eigenvalue weighted by atomic mass is 16.5. The van der Waals surface area contributed by atoms with E-state index in [1.165, 1.54) is 16.7 Å². The van der Waals surface area contributed by atoms with Crippen LogP contribution in [0.5, 0.6) is 5.75 Å². The maximum atomic E-state index is 6.34. The van der Waals surface area contributed by atoms with E-state index >= 15 is 0 Å². The highest BCUT2D eigenvalue weighted by molar-refractivity contribution is 5.31. The summed E-state index contributed by atoms with van der Waals surface area (Å²) in [6.07, 6.45) is 3.10. The van der Waals surface area contributed by atoms with Crippen LogP contribution in [-0.4, -0.2) is 7.11 Å². The van der Waals surface area contributed by atoms with E-state index in [1.807, 2.05) is 12.1 Å². The number of hydrogen-bond donors (Lipinski definition) is 1. The van der Waals surface area contributed by atoms with E-state index in [4.69, 9.17) is 10.5 Å². The molecule has 2 N–H and O–H groups in total. The Morgan fingerprint density at radius 2 is 1.80 bits per heavy atom. The van der Waals surface area contributed by atoms with Crippen LogP contribution in [0, 0.1) is 0 Å². The summed E-state index contributed by atoms with van der Waals surface area (Å²) < 4.78 is 5.25. The summed E-state index contributed by atoms with van der Waals surface area (Å²) in [4.78, 5) is 0. The molecule has 2 nitrogen and oxygen atoms in total. The fourth-order valence-corrected chi connectivity index (χ4v) is 2.44. The zero-order valence-electron chi connectivity index (χ0n) is 12.3. The van der Waals surface area contributed by atoms with Crippen LogP contribution in [-0.2, 0) is 12.8 Å². The summed E-state index contributed by atoms with van der Waals surface area (Å²) in [7, 11) is 1.69. The van der Waals surface area contributed by atoms with Gasteiger partial charge in [-0.15, -0.1) is 0 Å². The second-order valence-electron chi connectivity index (χ2n) is 5.16. The Morgan fingerprint density at radius 3 is 2.55 bits per heavy atom. The molecule has 0 radical (unpaired) electrons. The predicted molar refractivity (Wildman–Crippen MR) is 84.1 cm³/mol. The zero-order valence-corrected chi connectivity index (χ0v) is 12.3. The lowest BCUT2D eigenvalue weighted by Crippen LogP contribution is -2.13. The maximum Gasteiger partial charge on any atom is 0.119 e. The standard InChI is InChI=1S/C18H23NO/c1-3-6-14-7-4-9-16(11-14)18(19)13-15-8-5-10-17(12-15)20-2/h4-5,7-12,18H,3,6,13,19H2,1-2H3. The fraction of sp³-hybridized carbons (Fsp3) is 0.333.